The highest BCUT2D eigenvalue weighted by atomic mass is 19.2. The topological polar surface area (TPSA) is 124 Å². The number of imide groups is 1. The number of urea groups is 2. The number of amides is 4. The third kappa shape index (κ3) is 6.30. The quantitative estimate of drug-likeness (QED) is 0.445. The number of methoxy groups -OCH3 is 2. The summed E-state index contributed by atoms with van der Waals surface area (Å²) in [7, 11) is 2.51. The number of benzene rings is 2. The minimum atomic E-state index is -1.39. The van der Waals surface area contributed by atoms with E-state index in [9.17, 15) is 28.4 Å². The van der Waals surface area contributed by atoms with Crippen molar-refractivity contribution < 1.29 is 32.6 Å². The first kappa shape index (κ1) is 31.1. The first-order valence-corrected chi connectivity index (χ1v) is 14.6. The Bertz CT molecular complexity index is 1500. The molecule has 3 aliphatic rings. The van der Waals surface area contributed by atoms with Crippen LogP contribution in [0.2, 0.25) is 0 Å². The molecule has 232 valence electrons. The van der Waals surface area contributed by atoms with Crippen molar-refractivity contribution in [3.05, 3.63) is 82.1 Å². The zero-order valence-electron chi connectivity index (χ0n) is 24.6. The minimum absolute atomic E-state index is 0.0213. The van der Waals surface area contributed by atoms with E-state index in [1.165, 1.54) is 13.2 Å². The number of nitriles is 1. The lowest BCUT2D eigenvalue weighted by atomic mass is 9.86. The second-order valence-electron chi connectivity index (χ2n) is 11.3. The molecule has 3 atom stereocenters. The second kappa shape index (κ2) is 13.5. The van der Waals surface area contributed by atoms with Gasteiger partial charge in [-0.05, 0) is 80.4 Å². The summed E-state index contributed by atoms with van der Waals surface area (Å²) < 4.78 is 38.3. The van der Waals surface area contributed by atoms with Crippen LogP contribution in [0.25, 0.3) is 0 Å². The first-order valence-electron chi connectivity index (χ1n) is 14.6. The van der Waals surface area contributed by atoms with Gasteiger partial charge in [-0.3, -0.25) is 0 Å². The van der Waals surface area contributed by atoms with Crippen molar-refractivity contribution in [3.8, 4) is 6.07 Å². The van der Waals surface area contributed by atoms with Crippen molar-refractivity contribution in [2.24, 2.45) is 0 Å². The number of nitrogens with one attached hydrogen (secondary N) is 2. The van der Waals surface area contributed by atoms with Crippen LogP contribution in [-0.2, 0) is 14.3 Å². The maximum Gasteiger partial charge on any atom is 0.338 e. The van der Waals surface area contributed by atoms with Crippen LogP contribution < -0.4 is 10.6 Å². The number of likely N-dealkylation sites (tertiary alicyclic amines) is 1. The summed E-state index contributed by atoms with van der Waals surface area (Å²) in [4.78, 5) is 43.2. The van der Waals surface area contributed by atoms with E-state index < -0.39 is 35.7 Å². The van der Waals surface area contributed by atoms with E-state index in [0.29, 0.717) is 18.8 Å². The molecule has 1 saturated carbocycles. The van der Waals surface area contributed by atoms with Crippen LogP contribution >= 0.6 is 0 Å². The van der Waals surface area contributed by atoms with E-state index in [4.69, 9.17) is 9.47 Å². The largest absolute Gasteiger partial charge is 0.466 e. The van der Waals surface area contributed by atoms with E-state index in [-0.39, 0.29) is 35.5 Å². The molecule has 0 radical (unpaired) electrons. The summed E-state index contributed by atoms with van der Waals surface area (Å²) in [5, 5.41) is 15.0. The Morgan fingerprint density at radius 1 is 1.07 bits per heavy atom. The van der Waals surface area contributed by atoms with E-state index in [1.807, 2.05) is 24.3 Å². The van der Waals surface area contributed by atoms with Crippen LogP contribution in [0, 0.1) is 23.0 Å². The van der Waals surface area contributed by atoms with Gasteiger partial charge in [0.15, 0.2) is 11.6 Å². The van der Waals surface area contributed by atoms with Crippen molar-refractivity contribution in [1.82, 2.24) is 20.4 Å². The number of nitrogens with zero attached hydrogens (tertiary/aromatic N) is 3. The van der Waals surface area contributed by atoms with E-state index in [0.717, 1.165) is 67.6 Å². The Morgan fingerprint density at radius 3 is 2.50 bits per heavy atom. The maximum atomic E-state index is 14.4. The van der Waals surface area contributed by atoms with E-state index >= 15 is 0 Å². The third-order valence-corrected chi connectivity index (χ3v) is 8.81. The lowest BCUT2D eigenvalue weighted by molar-refractivity contribution is -0.137. The molecule has 1 aliphatic carbocycles. The highest BCUT2D eigenvalue weighted by Crippen LogP contribution is 2.37. The predicted molar refractivity (Wildman–Crippen MR) is 155 cm³/mol. The number of piperidine rings is 1. The molecule has 2 N–H and O–H groups in total. The van der Waals surface area contributed by atoms with Crippen molar-refractivity contribution in [3.63, 3.8) is 0 Å². The van der Waals surface area contributed by atoms with Crippen molar-refractivity contribution in [2.75, 3.05) is 33.9 Å². The van der Waals surface area contributed by atoms with Gasteiger partial charge in [-0.25, -0.2) is 28.1 Å². The molecule has 2 aliphatic heterocycles. The summed E-state index contributed by atoms with van der Waals surface area (Å²) >= 11 is 0. The van der Waals surface area contributed by atoms with Crippen LogP contribution in [0.5, 0.6) is 0 Å². The number of halogens is 2. The standard InChI is InChI=1S/C32H35F2N5O5/c1-43-18-27-28(30(40)44-2)29(20-7-10-25(33)26(34)15-20)39(32(42)37-27)31(41)36-22-8-9-23(16-22)38-13-11-19(12-14-38)24-6-4-3-5-21(24)17-35/h3-7,10,15,19,22-23,29H,8-9,11-14,16,18H2,1-2H3,(H,36,41)(H,37,42)/t22-,23?,29?/m0/s1. The predicted octanol–water partition coefficient (Wildman–Crippen LogP) is 4.49. The third-order valence-electron chi connectivity index (χ3n) is 8.81. The highest BCUT2D eigenvalue weighted by Gasteiger charge is 2.44. The fourth-order valence-electron chi connectivity index (χ4n) is 6.67. The number of esters is 1. The number of ether oxygens (including phenoxy) is 2. The summed E-state index contributed by atoms with van der Waals surface area (Å²) in [6, 6.07) is 9.98. The number of hydrogen-bond acceptors (Lipinski definition) is 7. The van der Waals surface area contributed by atoms with Crippen molar-refractivity contribution in [2.45, 2.75) is 56.1 Å². The lowest BCUT2D eigenvalue weighted by Gasteiger charge is -2.37. The monoisotopic (exact) mass is 607 g/mol. The Balaban J connectivity index is 1.30. The van der Waals surface area contributed by atoms with Gasteiger partial charge >= 0.3 is 18.0 Å². The van der Waals surface area contributed by atoms with Crippen LogP contribution in [0.1, 0.15) is 60.8 Å². The lowest BCUT2D eigenvalue weighted by Crippen LogP contribution is -2.56. The molecule has 2 heterocycles. The molecular weight excluding hydrogens is 572 g/mol. The molecule has 44 heavy (non-hydrogen) atoms. The minimum Gasteiger partial charge on any atom is -0.466 e. The number of rotatable bonds is 7. The summed E-state index contributed by atoms with van der Waals surface area (Å²) in [6.45, 7) is 1.56. The van der Waals surface area contributed by atoms with E-state index in [2.05, 4.69) is 21.6 Å². The van der Waals surface area contributed by atoms with Gasteiger partial charge in [-0.2, -0.15) is 5.26 Å². The van der Waals surface area contributed by atoms with Gasteiger partial charge < -0.3 is 25.0 Å². The zero-order chi connectivity index (χ0) is 31.4. The van der Waals surface area contributed by atoms with Crippen molar-refractivity contribution in [1.29, 1.82) is 5.26 Å². The Hall–Kier alpha value is -4.34. The Kier molecular flexibility index (Phi) is 9.56. The molecular formula is C32H35F2N5O5. The number of carbonyl (C=O) groups is 3. The fourth-order valence-corrected chi connectivity index (χ4v) is 6.67. The fraction of sp³-hybridized carbons (Fsp3) is 0.438. The van der Waals surface area contributed by atoms with Crippen molar-refractivity contribution >= 4 is 18.0 Å². The summed E-state index contributed by atoms with van der Waals surface area (Å²) in [5.41, 5.74) is 1.77. The first-order chi connectivity index (χ1) is 21.2. The molecule has 1 saturated heterocycles. The molecule has 12 heteroatoms. The van der Waals surface area contributed by atoms with Gasteiger partial charge in [0.2, 0.25) is 0 Å². The van der Waals surface area contributed by atoms with Gasteiger partial charge in [0.1, 0.15) is 6.04 Å². The molecule has 2 aromatic carbocycles. The molecule has 2 aromatic rings. The SMILES string of the molecule is COCC1=C(C(=O)OC)C(c2ccc(F)c(F)c2)N(C(=O)N[C@H]2CCC(N3CCC(c4ccccc4C#N)CC3)C2)C(=O)N1. The van der Waals surface area contributed by atoms with Crippen LogP contribution in [0.15, 0.2) is 53.7 Å². The zero-order valence-corrected chi connectivity index (χ0v) is 24.6. The molecule has 5 rings (SSSR count). The summed E-state index contributed by atoms with van der Waals surface area (Å²) in [6.07, 6.45) is 4.08. The van der Waals surface area contributed by atoms with Gasteiger partial charge in [-0.1, -0.05) is 24.3 Å². The smallest absolute Gasteiger partial charge is 0.338 e. The van der Waals surface area contributed by atoms with Gasteiger partial charge in [0.25, 0.3) is 0 Å². The molecule has 2 fully saturated rings. The molecule has 0 aromatic heterocycles. The van der Waals surface area contributed by atoms with Gasteiger partial charge in [0.05, 0.1) is 36.6 Å². The number of carbonyl (C=O) groups excluding carboxylic acids is 3. The molecule has 10 nitrogen and oxygen atoms in total. The average Bonchev–Trinajstić information content (AvgIpc) is 3.50. The van der Waals surface area contributed by atoms with Gasteiger partial charge in [-0.15, -0.1) is 0 Å². The van der Waals surface area contributed by atoms with E-state index in [1.54, 1.807) is 0 Å². The maximum absolute atomic E-state index is 14.4. The summed E-state index contributed by atoms with van der Waals surface area (Å²) in [5.74, 6) is -2.83. The average molecular weight is 608 g/mol. The van der Waals surface area contributed by atoms with Crippen LogP contribution in [-0.4, -0.2) is 73.8 Å². The van der Waals surface area contributed by atoms with Crippen LogP contribution in [0.3, 0.4) is 0 Å². The van der Waals surface area contributed by atoms with Crippen LogP contribution in [0.4, 0.5) is 18.4 Å². The normalized spacial score (nSPS) is 22.8. The molecule has 0 bridgehead atoms. The second-order valence-corrected chi connectivity index (χ2v) is 11.3. The molecule has 0 spiro atoms. The molecule has 2 unspecified atom stereocenters. The van der Waals surface area contributed by atoms with Gasteiger partial charge in [0, 0.05) is 19.2 Å². The number of hydrogen-bond donors (Lipinski definition) is 2. The Morgan fingerprint density at radius 2 is 1.82 bits per heavy atom. The molecule has 4 amide bonds. The Labute approximate surface area is 254 Å². The highest BCUT2D eigenvalue weighted by molar-refractivity contribution is 6.01.